The monoisotopic (exact) mass is 223 g/mol. The lowest BCUT2D eigenvalue weighted by molar-refractivity contribution is 0.201. The van der Waals surface area contributed by atoms with Crippen molar-refractivity contribution in [3.8, 4) is 5.75 Å². The van der Waals surface area contributed by atoms with Crippen LogP contribution in [0, 0.1) is 0 Å². The summed E-state index contributed by atoms with van der Waals surface area (Å²) in [7, 11) is 0. The van der Waals surface area contributed by atoms with Crippen LogP contribution in [-0.2, 0) is 0 Å². The molecule has 1 aromatic rings. The first kappa shape index (κ1) is 12.4. The van der Waals surface area contributed by atoms with Crippen molar-refractivity contribution in [2.45, 2.75) is 20.3 Å². The fraction of sp³-hybridized carbons (Fsp3) is 0.417. The van der Waals surface area contributed by atoms with Crippen LogP contribution in [0.25, 0.3) is 0 Å². The summed E-state index contributed by atoms with van der Waals surface area (Å²) in [6.45, 7) is 4.82. The molecule has 0 spiro atoms. The molecule has 0 aliphatic rings. The van der Waals surface area contributed by atoms with Crippen LogP contribution >= 0.6 is 0 Å². The highest BCUT2D eigenvalue weighted by Crippen LogP contribution is 2.28. The van der Waals surface area contributed by atoms with Gasteiger partial charge in [0.25, 0.3) is 0 Å². The number of para-hydroxylation sites is 2. The summed E-state index contributed by atoms with van der Waals surface area (Å²) in [5.74, 6) is 0.612. The second-order valence-electron chi connectivity index (χ2n) is 3.33. The number of hydrogen-bond acceptors (Lipinski definition) is 2. The van der Waals surface area contributed by atoms with Crippen LogP contribution < -0.4 is 9.64 Å². The molecular weight excluding hydrogens is 206 g/mol. The molecule has 0 unspecified atom stereocenters. The third-order valence-corrected chi connectivity index (χ3v) is 2.13. The van der Waals surface area contributed by atoms with Crippen molar-refractivity contribution in [1.82, 2.24) is 0 Å². The van der Waals surface area contributed by atoms with Crippen LogP contribution in [-0.4, -0.2) is 24.4 Å². The lowest BCUT2D eigenvalue weighted by atomic mass is 10.2. The average molecular weight is 223 g/mol. The maximum absolute atomic E-state index is 11.1. The van der Waals surface area contributed by atoms with Crippen molar-refractivity contribution >= 4 is 11.8 Å². The minimum atomic E-state index is -0.950. The van der Waals surface area contributed by atoms with Gasteiger partial charge >= 0.3 is 6.09 Å². The Morgan fingerprint density at radius 3 is 2.62 bits per heavy atom. The van der Waals surface area contributed by atoms with Crippen LogP contribution in [0.4, 0.5) is 10.5 Å². The fourth-order valence-electron chi connectivity index (χ4n) is 1.50. The molecule has 1 rings (SSSR count). The van der Waals surface area contributed by atoms with Crippen LogP contribution in [0.1, 0.15) is 20.3 Å². The number of amides is 1. The lowest BCUT2D eigenvalue weighted by Gasteiger charge is -2.21. The van der Waals surface area contributed by atoms with Crippen molar-refractivity contribution in [3.05, 3.63) is 24.3 Å². The van der Waals surface area contributed by atoms with E-state index in [2.05, 4.69) is 0 Å². The summed E-state index contributed by atoms with van der Waals surface area (Å²) in [5, 5.41) is 9.12. The highest BCUT2D eigenvalue weighted by molar-refractivity contribution is 5.88. The molecule has 1 amide bonds. The molecule has 16 heavy (non-hydrogen) atoms. The number of rotatable bonds is 5. The van der Waals surface area contributed by atoms with Crippen LogP contribution in [0.3, 0.4) is 0 Å². The third kappa shape index (κ3) is 2.89. The van der Waals surface area contributed by atoms with Gasteiger partial charge < -0.3 is 9.84 Å². The van der Waals surface area contributed by atoms with Crippen LogP contribution in [0.2, 0.25) is 0 Å². The first-order valence-corrected chi connectivity index (χ1v) is 5.43. The highest BCUT2D eigenvalue weighted by atomic mass is 16.5. The van der Waals surface area contributed by atoms with Gasteiger partial charge in [-0.15, -0.1) is 0 Å². The molecule has 0 saturated heterocycles. The maximum atomic E-state index is 11.1. The summed E-state index contributed by atoms with van der Waals surface area (Å²) in [6, 6.07) is 7.18. The van der Waals surface area contributed by atoms with E-state index in [1.165, 1.54) is 4.90 Å². The summed E-state index contributed by atoms with van der Waals surface area (Å²) < 4.78 is 5.41. The molecule has 0 aliphatic carbocycles. The SMILES string of the molecule is CCCN(C(=O)O)c1ccccc1OCC. The lowest BCUT2D eigenvalue weighted by Crippen LogP contribution is -2.30. The summed E-state index contributed by atoms with van der Waals surface area (Å²) in [6.07, 6.45) is -0.179. The van der Waals surface area contributed by atoms with Crippen molar-refractivity contribution in [2.75, 3.05) is 18.1 Å². The molecule has 0 bridgehead atoms. The quantitative estimate of drug-likeness (QED) is 0.834. The van der Waals surface area contributed by atoms with E-state index < -0.39 is 6.09 Å². The van der Waals surface area contributed by atoms with Crippen molar-refractivity contribution in [1.29, 1.82) is 0 Å². The number of ether oxygens (including phenoxy) is 1. The second kappa shape index (κ2) is 6.00. The van der Waals surface area contributed by atoms with Gasteiger partial charge in [-0.1, -0.05) is 19.1 Å². The molecule has 0 saturated carbocycles. The number of carboxylic acid groups (broad SMARTS) is 1. The van der Waals surface area contributed by atoms with E-state index in [1.54, 1.807) is 12.1 Å². The van der Waals surface area contributed by atoms with Gasteiger partial charge in [0.2, 0.25) is 0 Å². The first-order valence-electron chi connectivity index (χ1n) is 5.43. The first-order chi connectivity index (χ1) is 7.70. The van der Waals surface area contributed by atoms with E-state index >= 15 is 0 Å². The predicted octanol–water partition coefficient (Wildman–Crippen LogP) is 2.98. The van der Waals surface area contributed by atoms with Crippen molar-refractivity contribution in [2.24, 2.45) is 0 Å². The molecule has 0 aliphatic heterocycles. The number of carbonyl (C=O) groups is 1. The highest BCUT2D eigenvalue weighted by Gasteiger charge is 2.16. The number of benzene rings is 1. The Morgan fingerprint density at radius 1 is 1.38 bits per heavy atom. The van der Waals surface area contributed by atoms with Gasteiger partial charge in [-0.3, -0.25) is 4.90 Å². The van der Waals surface area contributed by atoms with Gasteiger partial charge in [0.15, 0.2) is 0 Å². The Labute approximate surface area is 95.5 Å². The van der Waals surface area contributed by atoms with Gasteiger partial charge in [0.05, 0.1) is 12.3 Å². The van der Waals surface area contributed by atoms with E-state index in [0.29, 0.717) is 24.6 Å². The zero-order valence-corrected chi connectivity index (χ0v) is 9.64. The minimum absolute atomic E-state index is 0.472. The Morgan fingerprint density at radius 2 is 2.06 bits per heavy atom. The Kier molecular flexibility index (Phi) is 4.64. The zero-order valence-electron chi connectivity index (χ0n) is 9.64. The Hall–Kier alpha value is -1.71. The molecule has 1 N–H and O–H groups in total. The topological polar surface area (TPSA) is 49.8 Å². The van der Waals surface area contributed by atoms with Gasteiger partial charge in [-0.05, 0) is 25.5 Å². The van der Waals surface area contributed by atoms with Gasteiger partial charge in [-0.2, -0.15) is 0 Å². The molecule has 0 aromatic heterocycles. The van der Waals surface area contributed by atoms with E-state index in [4.69, 9.17) is 9.84 Å². The number of nitrogens with zero attached hydrogens (tertiary/aromatic N) is 1. The molecule has 0 fully saturated rings. The van der Waals surface area contributed by atoms with E-state index in [9.17, 15) is 4.79 Å². The molecule has 88 valence electrons. The van der Waals surface area contributed by atoms with Crippen LogP contribution in [0.15, 0.2) is 24.3 Å². The summed E-state index contributed by atoms with van der Waals surface area (Å²) in [5.41, 5.74) is 0.610. The second-order valence-corrected chi connectivity index (χ2v) is 3.33. The molecule has 4 nitrogen and oxygen atoms in total. The number of hydrogen-bond donors (Lipinski definition) is 1. The maximum Gasteiger partial charge on any atom is 0.411 e. The average Bonchev–Trinajstić information content (AvgIpc) is 2.27. The van der Waals surface area contributed by atoms with Gasteiger partial charge in [0.1, 0.15) is 5.75 Å². The fourth-order valence-corrected chi connectivity index (χ4v) is 1.50. The smallest absolute Gasteiger partial charge is 0.411 e. The van der Waals surface area contributed by atoms with E-state index in [1.807, 2.05) is 26.0 Å². The molecule has 0 atom stereocenters. The van der Waals surface area contributed by atoms with Crippen molar-refractivity contribution in [3.63, 3.8) is 0 Å². The third-order valence-electron chi connectivity index (χ3n) is 2.13. The van der Waals surface area contributed by atoms with Crippen LogP contribution in [0.5, 0.6) is 5.75 Å². The molecule has 0 heterocycles. The Bertz CT molecular complexity index is 352. The van der Waals surface area contributed by atoms with Gasteiger partial charge in [0, 0.05) is 6.54 Å². The standard InChI is InChI=1S/C12H17NO3/c1-3-9-13(12(14)15)10-7-5-6-8-11(10)16-4-2/h5-8H,3-4,9H2,1-2H3,(H,14,15). The van der Waals surface area contributed by atoms with E-state index in [0.717, 1.165) is 6.42 Å². The minimum Gasteiger partial charge on any atom is -0.492 e. The Balaban J connectivity index is 3.02. The molecule has 1 aromatic carbocycles. The van der Waals surface area contributed by atoms with E-state index in [-0.39, 0.29) is 0 Å². The molecule has 0 radical (unpaired) electrons. The number of anilines is 1. The zero-order chi connectivity index (χ0) is 12.0. The molecule has 4 heteroatoms. The summed E-state index contributed by atoms with van der Waals surface area (Å²) in [4.78, 5) is 12.4. The largest absolute Gasteiger partial charge is 0.492 e. The molecular formula is C12H17NO3. The predicted molar refractivity (Wildman–Crippen MR) is 63.3 cm³/mol. The van der Waals surface area contributed by atoms with Gasteiger partial charge in [-0.25, -0.2) is 4.79 Å². The normalized spacial score (nSPS) is 9.88. The van der Waals surface area contributed by atoms with Crippen molar-refractivity contribution < 1.29 is 14.6 Å². The summed E-state index contributed by atoms with van der Waals surface area (Å²) >= 11 is 0.